The number of rotatable bonds is 5. The zero-order valence-corrected chi connectivity index (χ0v) is 20.0. The Morgan fingerprint density at radius 2 is 1.93 bits per heavy atom. The predicted octanol–water partition coefficient (Wildman–Crippen LogP) is 2.53. The molecule has 2 fully saturated rings. The molecule has 1 unspecified atom stereocenters. The van der Waals surface area contributed by atoms with Crippen molar-refractivity contribution >= 4 is 53.3 Å². The van der Waals surface area contributed by atoms with Crippen LogP contribution in [0.1, 0.15) is 25.3 Å². The van der Waals surface area contributed by atoms with Gasteiger partial charge in [0.05, 0.1) is 0 Å². The number of carbonyl (C=O) groups is 1. The lowest BCUT2D eigenvalue weighted by Crippen LogP contribution is -2.44. The summed E-state index contributed by atoms with van der Waals surface area (Å²) in [5, 5.41) is 6.83. The molecule has 2 saturated heterocycles. The topological polar surface area (TPSA) is 60.0 Å². The zero-order valence-electron chi connectivity index (χ0n) is 16.8. The van der Waals surface area contributed by atoms with E-state index in [0.29, 0.717) is 6.42 Å². The summed E-state index contributed by atoms with van der Waals surface area (Å²) >= 11 is 2.03. The van der Waals surface area contributed by atoms with Crippen LogP contribution < -0.4 is 15.5 Å². The molecule has 0 aromatic heterocycles. The minimum atomic E-state index is 0. The number of benzene rings is 1. The van der Waals surface area contributed by atoms with E-state index < -0.39 is 0 Å². The van der Waals surface area contributed by atoms with Gasteiger partial charge in [0.1, 0.15) is 0 Å². The van der Waals surface area contributed by atoms with Crippen LogP contribution in [0.4, 0.5) is 5.69 Å². The maximum absolute atomic E-state index is 11.8. The van der Waals surface area contributed by atoms with Crippen molar-refractivity contribution in [3.63, 3.8) is 0 Å². The first-order valence-corrected chi connectivity index (χ1v) is 11.0. The summed E-state index contributed by atoms with van der Waals surface area (Å²) in [6, 6.07) is 9.08. The lowest BCUT2D eigenvalue weighted by molar-refractivity contribution is -0.129. The molecule has 0 radical (unpaired) electrons. The van der Waals surface area contributed by atoms with Crippen LogP contribution in [0.25, 0.3) is 0 Å². The first-order valence-electron chi connectivity index (χ1n) is 9.86. The second-order valence-corrected chi connectivity index (χ2v) is 8.24. The van der Waals surface area contributed by atoms with Gasteiger partial charge in [-0.3, -0.25) is 9.79 Å². The van der Waals surface area contributed by atoms with E-state index in [1.54, 1.807) is 7.05 Å². The van der Waals surface area contributed by atoms with Crippen LogP contribution in [-0.4, -0.2) is 67.5 Å². The predicted molar refractivity (Wildman–Crippen MR) is 130 cm³/mol. The van der Waals surface area contributed by atoms with Crippen molar-refractivity contribution in [2.45, 2.75) is 32.4 Å². The Labute approximate surface area is 189 Å². The maximum atomic E-state index is 11.8. The van der Waals surface area contributed by atoms with Gasteiger partial charge in [0.2, 0.25) is 5.91 Å². The maximum Gasteiger partial charge on any atom is 0.222 e. The first-order chi connectivity index (χ1) is 13.2. The zero-order chi connectivity index (χ0) is 19.1. The number of halogens is 1. The normalized spacial score (nSPS) is 19.9. The minimum Gasteiger partial charge on any atom is -0.370 e. The second kappa shape index (κ2) is 11.7. The number of anilines is 1. The van der Waals surface area contributed by atoms with Crippen LogP contribution in [0.15, 0.2) is 29.3 Å². The Balaban J connectivity index is 0.00000280. The third kappa shape index (κ3) is 6.43. The van der Waals surface area contributed by atoms with Gasteiger partial charge in [-0.15, -0.1) is 24.0 Å². The van der Waals surface area contributed by atoms with Gasteiger partial charge in [0, 0.05) is 69.4 Å². The highest BCUT2D eigenvalue weighted by atomic mass is 127. The molecular formula is C20H32IN5OS. The molecule has 8 heteroatoms. The number of carbonyl (C=O) groups excluding carboxylic acids is 1. The molecule has 0 saturated carbocycles. The third-order valence-corrected chi connectivity index (χ3v) is 6.12. The quantitative estimate of drug-likeness (QED) is 0.357. The molecule has 3 rings (SSSR count). The number of nitrogens with zero attached hydrogens (tertiary/aromatic N) is 3. The molecule has 2 aliphatic rings. The van der Waals surface area contributed by atoms with E-state index in [2.05, 4.69) is 44.8 Å². The number of nitrogens with one attached hydrogen (secondary N) is 2. The minimum absolute atomic E-state index is 0. The van der Waals surface area contributed by atoms with Crippen molar-refractivity contribution in [1.29, 1.82) is 0 Å². The van der Waals surface area contributed by atoms with Crippen molar-refractivity contribution in [1.82, 2.24) is 15.5 Å². The highest BCUT2D eigenvalue weighted by Crippen LogP contribution is 2.19. The molecule has 1 aromatic carbocycles. The Kier molecular flexibility index (Phi) is 9.70. The highest BCUT2D eigenvalue weighted by molar-refractivity contribution is 14.0. The van der Waals surface area contributed by atoms with Crippen LogP contribution in [0, 0.1) is 0 Å². The van der Waals surface area contributed by atoms with Crippen molar-refractivity contribution < 1.29 is 4.79 Å². The summed E-state index contributed by atoms with van der Waals surface area (Å²) in [5.74, 6) is 3.46. The van der Waals surface area contributed by atoms with E-state index in [1.165, 1.54) is 22.8 Å². The molecule has 156 valence electrons. The van der Waals surface area contributed by atoms with Gasteiger partial charge >= 0.3 is 0 Å². The van der Waals surface area contributed by atoms with E-state index in [9.17, 15) is 4.79 Å². The fourth-order valence-corrected chi connectivity index (χ4v) is 4.45. The molecule has 0 spiro atoms. The van der Waals surface area contributed by atoms with Gasteiger partial charge in [0.15, 0.2) is 5.96 Å². The molecule has 1 amide bonds. The smallest absolute Gasteiger partial charge is 0.222 e. The van der Waals surface area contributed by atoms with Crippen molar-refractivity contribution in [2.24, 2.45) is 4.99 Å². The molecule has 28 heavy (non-hydrogen) atoms. The fourth-order valence-electron chi connectivity index (χ4n) is 3.55. The largest absolute Gasteiger partial charge is 0.370 e. The molecule has 2 aliphatic heterocycles. The molecule has 0 bridgehead atoms. The number of amides is 1. The first kappa shape index (κ1) is 23.1. The van der Waals surface area contributed by atoms with Gasteiger partial charge in [-0.25, -0.2) is 0 Å². The molecule has 1 aromatic rings. The summed E-state index contributed by atoms with van der Waals surface area (Å²) in [7, 11) is 1.79. The SMILES string of the molecule is CCC(=O)N1CCC(NC(=NC)NCc2ccc(N3CCSCC3)cc2)C1.I. The Morgan fingerprint density at radius 1 is 1.21 bits per heavy atom. The Bertz CT molecular complexity index is 649. The number of hydrogen-bond acceptors (Lipinski definition) is 4. The Hall–Kier alpha value is -1.16. The third-order valence-electron chi connectivity index (χ3n) is 5.18. The van der Waals surface area contributed by atoms with Crippen molar-refractivity contribution in [2.75, 3.05) is 49.6 Å². The molecule has 2 N–H and O–H groups in total. The van der Waals surface area contributed by atoms with E-state index in [4.69, 9.17) is 0 Å². The second-order valence-electron chi connectivity index (χ2n) is 7.01. The van der Waals surface area contributed by atoms with Crippen LogP contribution in [-0.2, 0) is 11.3 Å². The number of hydrogen-bond donors (Lipinski definition) is 2. The fraction of sp³-hybridized carbons (Fsp3) is 0.600. The molecule has 0 aliphatic carbocycles. The number of likely N-dealkylation sites (tertiary alicyclic amines) is 1. The average molecular weight is 517 g/mol. The molecular weight excluding hydrogens is 485 g/mol. The summed E-state index contributed by atoms with van der Waals surface area (Å²) < 4.78 is 0. The number of thioether (sulfide) groups is 1. The number of aliphatic imine (C=N–C) groups is 1. The summed E-state index contributed by atoms with van der Waals surface area (Å²) in [4.78, 5) is 20.5. The summed E-state index contributed by atoms with van der Waals surface area (Å²) in [5.41, 5.74) is 2.55. The average Bonchev–Trinajstić information content (AvgIpc) is 3.20. The van der Waals surface area contributed by atoms with Crippen LogP contribution in [0.2, 0.25) is 0 Å². The van der Waals surface area contributed by atoms with Gasteiger partial charge < -0.3 is 20.4 Å². The monoisotopic (exact) mass is 517 g/mol. The molecule has 2 heterocycles. The molecule has 6 nitrogen and oxygen atoms in total. The highest BCUT2D eigenvalue weighted by Gasteiger charge is 2.25. The van der Waals surface area contributed by atoms with E-state index in [-0.39, 0.29) is 35.9 Å². The standard InChI is InChI=1S/C20H31N5OS.HI/c1-3-19(26)25-9-8-17(15-25)23-20(21-2)22-14-16-4-6-18(7-5-16)24-10-12-27-13-11-24;/h4-7,17H,3,8-15H2,1-2H3,(H2,21,22,23);1H. The van der Waals surface area contributed by atoms with Crippen LogP contribution in [0.5, 0.6) is 0 Å². The van der Waals surface area contributed by atoms with E-state index >= 15 is 0 Å². The van der Waals surface area contributed by atoms with Gasteiger partial charge in [-0.2, -0.15) is 11.8 Å². The van der Waals surface area contributed by atoms with E-state index in [0.717, 1.165) is 45.1 Å². The van der Waals surface area contributed by atoms with Crippen LogP contribution in [0.3, 0.4) is 0 Å². The Morgan fingerprint density at radius 3 is 2.57 bits per heavy atom. The lowest BCUT2D eigenvalue weighted by Gasteiger charge is -2.28. The summed E-state index contributed by atoms with van der Waals surface area (Å²) in [6.45, 7) is 6.52. The van der Waals surface area contributed by atoms with Crippen LogP contribution >= 0.6 is 35.7 Å². The van der Waals surface area contributed by atoms with E-state index in [1.807, 2.05) is 23.6 Å². The number of guanidine groups is 1. The van der Waals surface area contributed by atoms with Gasteiger partial charge in [-0.1, -0.05) is 19.1 Å². The van der Waals surface area contributed by atoms with Crippen molar-refractivity contribution in [3.05, 3.63) is 29.8 Å². The summed E-state index contributed by atoms with van der Waals surface area (Å²) in [6.07, 6.45) is 1.54. The lowest BCUT2D eigenvalue weighted by atomic mass is 10.2. The molecule has 1 atom stereocenters. The van der Waals surface area contributed by atoms with Crippen molar-refractivity contribution in [3.8, 4) is 0 Å². The van der Waals surface area contributed by atoms with Gasteiger partial charge in [-0.05, 0) is 24.1 Å². The van der Waals surface area contributed by atoms with Gasteiger partial charge in [0.25, 0.3) is 0 Å².